The van der Waals surface area contributed by atoms with Gasteiger partial charge in [-0.15, -0.1) is 0 Å². The van der Waals surface area contributed by atoms with Gasteiger partial charge in [0.2, 0.25) is 0 Å². The van der Waals surface area contributed by atoms with E-state index in [1.807, 2.05) is 31.0 Å². The van der Waals surface area contributed by atoms with Gasteiger partial charge in [0.15, 0.2) is 0 Å². The Bertz CT molecular complexity index is 577. The van der Waals surface area contributed by atoms with Gasteiger partial charge in [0, 0.05) is 48.6 Å². The number of aryl methyl sites for hydroxylation is 1. The van der Waals surface area contributed by atoms with Crippen LogP contribution < -0.4 is 10.6 Å². The first-order chi connectivity index (χ1) is 9.45. The highest BCUT2D eigenvalue weighted by atomic mass is 79.9. The molecule has 1 heterocycles. The van der Waals surface area contributed by atoms with E-state index in [0.717, 1.165) is 17.4 Å². The van der Waals surface area contributed by atoms with Crippen LogP contribution in [0.25, 0.3) is 0 Å². The predicted molar refractivity (Wildman–Crippen MR) is 86.8 cm³/mol. The van der Waals surface area contributed by atoms with Gasteiger partial charge < -0.3 is 10.6 Å². The Morgan fingerprint density at radius 3 is 2.80 bits per heavy atom. The molecule has 0 aliphatic heterocycles. The molecule has 20 heavy (non-hydrogen) atoms. The lowest BCUT2D eigenvalue weighted by molar-refractivity contribution is 0.733. The number of nitrogens with two attached hydrogens (primary N) is 1. The van der Waals surface area contributed by atoms with Crippen LogP contribution in [0.3, 0.4) is 0 Å². The van der Waals surface area contributed by atoms with Crippen LogP contribution in [0.4, 0.5) is 5.69 Å². The highest BCUT2D eigenvalue weighted by molar-refractivity contribution is 9.10. The van der Waals surface area contributed by atoms with Crippen molar-refractivity contribution in [2.45, 2.75) is 25.9 Å². The van der Waals surface area contributed by atoms with Crippen molar-refractivity contribution >= 4 is 21.6 Å². The second-order valence-corrected chi connectivity index (χ2v) is 6.25. The maximum Gasteiger partial charge on any atom is 0.0539 e. The predicted octanol–water partition coefficient (Wildman–Crippen LogP) is 2.71. The van der Waals surface area contributed by atoms with Crippen molar-refractivity contribution in [2.75, 3.05) is 11.9 Å². The quantitative estimate of drug-likeness (QED) is 0.913. The average molecular weight is 337 g/mol. The first kappa shape index (κ1) is 15.1. The van der Waals surface area contributed by atoms with E-state index in [2.05, 4.69) is 51.2 Å². The van der Waals surface area contributed by atoms with E-state index in [1.165, 1.54) is 16.8 Å². The summed E-state index contributed by atoms with van der Waals surface area (Å²) >= 11 is 3.53. The molecule has 0 saturated carbocycles. The summed E-state index contributed by atoms with van der Waals surface area (Å²) in [5, 5.41) is 4.21. The fourth-order valence-electron chi connectivity index (χ4n) is 2.35. The maximum atomic E-state index is 5.95. The van der Waals surface area contributed by atoms with Crippen molar-refractivity contribution in [3.8, 4) is 0 Å². The smallest absolute Gasteiger partial charge is 0.0539 e. The van der Waals surface area contributed by atoms with Gasteiger partial charge in [-0.25, -0.2) is 0 Å². The number of anilines is 1. The number of hydrogen-bond acceptors (Lipinski definition) is 3. The highest BCUT2D eigenvalue weighted by Gasteiger charge is 2.11. The second kappa shape index (κ2) is 6.41. The Balaban J connectivity index is 2.21. The summed E-state index contributed by atoms with van der Waals surface area (Å²) in [6.07, 6.45) is 4.81. The summed E-state index contributed by atoms with van der Waals surface area (Å²) in [6, 6.07) is 6.51. The van der Waals surface area contributed by atoms with Gasteiger partial charge in [-0.3, -0.25) is 4.68 Å². The zero-order chi connectivity index (χ0) is 14.7. The molecule has 0 amide bonds. The monoisotopic (exact) mass is 336 g/mol. The topological polar surface area (TPSA) is 47.1 Å². The molecule has 0 aliphatic carbocycles. The highest BCUT2D eigenvalue weighted by Crippen LogP contribution is 2.26. The Labute approximate surface area is 128 Å². The second-order valence-electron chi connectivity index (χ2n) is 5.33. The molecular formula is C15H21BrN4. The molecule has 2 aromatic rings. The van der Waals surface area contributed by atoms with Gasteiger partial charge in [-0.1, -0.05) is 15.9 Å². The first-order valence-corrected chi connectivity index (χ1v) is 7.47. The molecule has 0 aliphatic rings. The van der Waals surface area contributed by atoms with E-state index < -0.39 is 0 Å². The van der Waals surface area contributed by atoms with E-state index in [0.29, 0.717) is 0 Å². The summed E-state index contributed by atoms with van der Waals surface area (Å²) in [7, 11) is 4.03. The Hall–Kier alpha value is -1.33. The van der Waals surface area contributed by atoms with Crippen LogP contribution in [-0.4, -0.2) is 22.9 Å². The van der Waals surface area contributed by atoms with Crippen LogP contribution in [0.1, 0.15) is 18.1 Å². The minimum atomic E-state index is 0.148. The fourth-order valence-corrected chi connectivity index (χ4v) is 2.76. The zero-order valence-electron chi connectivity index (χ0n) is 12.2. The zero-order valence-corrected chi connectivity index (χ0v) is 13.8. The minimum Gasteiger partial charge on any atom is -0.370 e. The molecule has 2 N–H and O–H groups in total. The lowest BCUT2D eigenvalue weighted by Crippen LogP contribution is -2.22. The lowest BCUT2D eigenvalue weighted by atomic mass is 10.0. The number of rotatable bonds is 5. The van der Waals surface area contributed by atoms with Gasteiger partial charge in [-0.05, 0) is 37.1 Å². The van der Waals surface area contributed by atoms with Crippen molar-refractivity contribution in [2.24, 2.45) is 12.8 Å². The standard InChI is InChI=1S/C15H21BrN4/c1-11(17)6-13-7-14(16)4-5-15(13)19(2)9-12-8-18-20(3)10-12/h4-5,7-8,10-11H,6,9,17H2,1-3H3. The molecule has 2 rings (SSSR count). The van der Waals surface area contributed by atoms with Crippen molar-refractivity contribution in [1.82, 2.24) is 9.78 Å². The van der Waals surface area contributed by atoms with Gasteiger partial charge in [-0.2, -0.15) is 5.10 Å². The fraction of sp³-hybridized carbons (Fsp3) is 0.400. The third-order valence-corrected chi connectivity index (χ3v) is 3.67. The minimum absolute atomic E-state index is 0.148. The van der Waals surface area contributed by atoms with Crippen LogP contribution in [-0.2, 0) is 20.0 Å². The molecule has 108 valence electrons. The van der Waals surface area contributed by atoms with Crippen LogP contribution >= 0.6 is 15.9 Å². The normalized spacial score (nSPS) is 12.4. The SMILES string of the molecule is CC(N)Cc1cc(Br)ccc1N(C)Cc1cnn(C)c1. The molecule has 1 atom stereocenters. The van der Waals surface area contributed by atoms with E-state index in [9.17, 15) is 0 Å². The Morgan fingerprint density at radius 2 is 2.20 bits per heavy atom. The number of benzene rings is 1. The Kier molecular flexibility index (Phi) is 4.83. The molecule has 0 bridgehead atoms. The van der Waals surface area contributed by atoms with Crippen LogP contribution in [0.2, 0.25) is 0 Å². The summed E-state index contributed by atoms with van der Waals surface area (Å²) in [4.78, 5) is 2.24. The van der Waals surface area contributed by atoms with Gasteiger partial charge in [0.25, 0.3) is 0 Å². The van der Waals surface area contributed by atoms with E-state index in [4.69, 9.17) is 5.73 Å². The largest absolute Gasteiger partial charge is 0.370 e. The number of aromatic nitrogens is 2. The lowest BCUT2D eigenvalue weighted by Gasteiger charge is -2.23. The van der Waals surface area contributed by atoms with Crippen molar-refractivity contribution < 1.29 is 0 Å². The van der Waals surface area contributed by atoms with Crippen LogP contribution in [0, 0.1) is 0 Å². The molecule has 5 heteroatoms. The first-order valence-electron chi connectivity index (χ1n) is 6.68. The van der Waals surface area contributed by atoms with Crippen molar-refractivity contribution in [1.29, 1.82) is 0 Å². The van der Waals surface area contributed by atoms with Crippen LogP contribution in [0.5, 0.6) is 0 Å². The molecule has 0 fully saturated rings. The molecule has 1 unspecified atom stereocenters. The number of halogens is 1. The number of nitrogens with zero attached hydrogens (tertiary/aromatic N) is 3. The number of hydrogen-bond donors (Lipinski definition) is 1. The molecule has 0 radical (unpaired) electrons. The van der Waals surface area contributed by atoms with Gasteiger partial charge in [0.05, 0.1) is 6.20 Å². The molecule has 0 spiro atoms. The van der Waals surface area contributed by atoms with Crippen molar-refractivity contribution in [3.63, 3.8) is 0 Å². The summed E-state index contributed by atoms with van der Waals surface area (Å²) in [5.74, 6) is 0. The van der Waals surface area contributed by atoms with Crippen LogP contribution in [0.15, 0.2) is 35.1 Å². The third kappa shape index (κ3) is 3.84. The molecule has 1 aromatic heterocycles. The van der Waals surface area contributed by atoms with E-state index >= 15 is 0 Å². The van der Waals surface area contributed by atoms with Gasteiger partial charge in [0.1, 0.15) is 0 Å². The van der Waals surface area contributed by atoms with Gasteiger partial charge >= 0.3 is 0 Å². The van der Waals surface area contributed by atoms with Crippen molar-refractivity contribution in [3.05, 3.63) is 46.2 Å². The molecule has 4 nitrogen and oxygen atoms in total. The maximum absolute atomic E-state index is 5.95. The molecular weight excluding hydrogens is 316 g/mol. The third-order valence-electron chi connectivity index (χ3n) is 3.17. The Morgan fingerprint density at radius 1 is 1.45 bits per heavy atom. The summed E-state index contributed by atoms with van der Waals surface area (Å²) in [5.41, 5.74) is 9.63. The van der Waals surface area contributed by atoms with E-state index in [1.54, 1.807) is 0 Å². The average Bonchev–Trinajstić information content (AvgIpc) is 2.73. The molecule has 1 aromatic carbocycles. The summed E-state index contributed by atoms with van der Waals surface area (Å²) in [6.45, 7) is 2.87. The summed E-state index contributed by atoms with van der Waals surface area (Å²) < 4.78 is 2.92. The molecule has 0 saturated heterocycles. The van der Waals surface area contributed by atoms with E-state index in [-0.39, 0.29) is 6.04 Å².